The van der Waals surface area contributed by atoms with E-state index in [1.807, 2.05) is 0 Å². The second kappa shape index (κ2) is 4.00. The molecule has 16 heavy (non-hydrogen) atoms. The highest BCUT2D eigenvalue weighted by atomic mass is 16.2. The van der Waals surface area contributed by atoms with Gasteiger partial charge >= 0.3 is 0 Å². The molecule has 0 aromatic heterocycles. The summed E-state index contributed by atoms with van der Waals surface area (Å²) in [5.41, 5.74) is 5.73. The van der Waals surface area contributed by atoms with Crippen LogP contribution in [0.3, 0.4) is 0 Å². The summed E-state index contributed by atoms with van der Waals surface area (Å²) in [6.07, 6.45) is 3.11. The largest absolute Gasteiger partial charge is 0.339 e. The molecular formula is C12H21N3O. The highest BCUT2D eigenvalue weighted by molar-refractivity contribution is 5.78. The van der Waals surface area contributed by atoms with Crippen LogP contribution in [-0.4, -0.2) is 43.0 Å². The lowest BCUT2D eigenvalue weighted by Crippen LogP contribution is -2.61. The van der Waals surface area contributed by atoms with Crippen molar-refractivity contribution < 1.29 is 4.79 Å². The molecule has 4 unspecified atom stereocenters. The summed E-state index contributed by atoms with van der Waals surface area (Å²) in [5.74, 6) is 2.13. The monoisotopic (exact) mass is 223 g/mol. The Labute approximate surface area is 96.5 Å². The molecule has 0 saturated carbocycles. The number of carbonyl (C=O) groups excluding carboxylic acids is 1. The van der Waals surface area contributed by atoms with E-state index in [9.17, 15) is 4.79 Å². The van der Waals surface area contributed by atoms with Crippen molar-refractivity contribution in [1.29, 1.82) is 0 Å². The number of hydrogen-bond donors (Lipinski definition) is 2. The third-order valence-corrected chi connectivity index (χ3v) is 4.57. The van der Waals surface area contributed by atoms with Crippen LogP contribution < -0.4 is 11.1 Å². The summed E-state index contributed by atoms with van der Waals surface area (Å²) < 4.78 is 0. The van der Waals surface area contributed by atoms with E-state index in [0.29, 0.717) is 42.7 Å². The molecule has 3 heterocycles. The highest BCUT2D eigenvalue weighted by Crippen LogP contribution is 2.37. The van der Waals surface area contributed by atoms with Crippen molar-refractivity contribution in [2.45, 2.75) is 25.3 Å². The Kier molecular flexibility index (Phi) is 2.64. The molecule has 90 valence electrons. The van der Waals surface area contributed by atoms with Crippen LogP contribution in [0.5, 0.6) is 0 Å². The van der Waals surface area contributed by atoms with Gasteiger partial charge in [-0.3, -0.25) is 4.79 Å². The number of nitrogens with one attached hydrogen (secondary N) is 1. The maximum atomic E-state index is 12.1. The average molecular weight is 223 g/mol. The Balaban J connectivity index is 1.79. The molecule has 0 aliphatic carbocycles. The van der Waals surface area contributed by atoms with E-state index in [1.54, 1.807) is 0 Å². The average Bonchev–Trinajstić information content (AvgIpc) is 2.31. The molecule has 3 saturated heterocycles. The molecule has 0 aromatic carbocycles. The van der Waals surface area contributed by atoms with Crippen LogP contribution in [0.2, 0.25) is 0 Å². The summed E-state index contributed by atoms with van der Waals surface area (Å²) in [4.78, 5) is 14.2. The summed E-state index contributed by atoms with van der Waals surface area (Å²) >= 11 is 0. The summed E-state index contributed by atoms with van der Waals surface area (Å²) in [5, 5.41) is 3.50. The molecule has 3 fully saturated rings. The van der Waals surface area contributed by atoms with Gasteiger partial charge in [-0.25, -0.2) is 0 Å². The van der Waals surface area contributed by atoms with Crippen molar-refractivity contribution in [2.75, 3.05) is 26.2 Å². The molecule has 1 amide bonds. The minimum atomic E-state index is 0.350. The number of rotatable bonds is 1. The molecular weight excluding hydrogens is 202 g/mol. The number of nitrogens with zero attached hydrogens (tertiary/aromatic N) is 1. The molecule has 3 rings (SSSR count). The lowest BCUT2D eigenvalue weighted by atomic mass is 9.74. The first-order valence-corrected chi connectivity index (χ1v) is 6.48. The fourth-order valence-electron chi connectivity index (χ4n) is 3.74. The van der Waals surface area contributed by atoms with Gasteiger partial charge in [0.25, 0.3) is 0 Å². The van der Waals surface area contributed by atoms with E-state index in [1.165, 1.54) is 6.42 Å². The van der Waals surface area contributed by atoms with E-state index in [4.69, 9.17) is 5.73 Å². The van der Waals surface area contributed by atoms with Gasteiger partial charge in [0.1, 0.15) is 0 Å². The normalized spacial score (nSPS) is 43.1. The van der Waals surface area contributed by atoms with Crippen molar-refractivity contribution in [1.82, 2.24) is 10.2 Å². The second-order valence-corrected chi connectivity index (χ2v) is 5.68. The third-order valence-electron chi connectivity index (χ3n) is 4.57. The van der Waals surface area contributed by atoms with Gasteiger partial charge in [-0.1, -0.05) is 0 Å². The SMILES string of the molecule is NCC1CC(=O)N2CC3CNCC(C3)C2C1. The number of nitrogens with two attached hydrogens (primary N) is 1. The van der Waals surface area contributed by atoms with E-state index < -0.39 is 0 Å². The molecule has 0 radical (unpaired) electrons. The molecule has 3 aliphatic heterocycles. The Morgan fingerprint density at radius 2 is 2.25 bits per heavy atom. The first-order chi connectivity index (χ1) is 7.78. The van der Waals surface area contributed by atoms with Crippen molar-refractivity contribution >= 4 is 5.91 Å². The van der Waals surface area contributed by atoms with Crippen molar-refractivity contribution in [3.05, 3.63) is 0 Å². The molecule has 0 aromatic rings. The number of hydrogen-bond acceptors (Lipinski definition) is 3. The molecule has 4 nitrogen and oxygen atoms in total. The molecule has 4 atom stereocenters. The molecule has 3 aliphatic rings. The minimum Gasteiger partial charge on any atom is -0.339 e. The van der Waals surface area contributed by atoms with Gasteiger partial charge in [0, 0.05) is 19.0 Å². The zero-order chi connectivity index (χ0) is 11.1. The standard InChI is InChI=1S/C12H21N3O/c13-4-8-2-11-10-1-9(5-14-6-10)7-15(11)12(16)3-8/h8-11,14H,1-7,13H2. The fourth-order valence-corrected chi connectivity index (χ4v) is 3.74. The number of piperidine rings is 3. The van der Waals surface area contributed by atoms with Gasteiger partial charge < -0.3 is 16.0 Å². The molecule has 2 bridgehead atoms. The quantitative estimate of drug-likeness (QED) is 0.647. The number of carbonyl (C=O) groups is 1. The van der Waals surface area contributed by atoms with E-state index >= 15 is 0 Å². The fraction of sp³-hybridized carbons (Fsp3) is 0.917. The Morgan fingerprint density at radius 1 is 1.38 bits per heavy atom. The van der Waals surface area contributed by atoms with Crippen LogP contribution in [0.15, 0.2) is 0 Å². The van der Waals surface area contributed by atoms with Gasteiger partial charge in [-0.2, -0.15) is 0 Å². The van der Waals surface area contributed by atoms with Gasteiger partial charge in [0.2, 0.25) is 5.91 Å². The van der Waals surface area contributed by atoms with Gasteiger partial charge in [-0.05, 0) is 50.2 Å². The summed E-state index contributed by atoms with van der Waals surface area (Å²) in [6.45, 7) is 3.82. The lowest BCUT2D eigenvalue weighted by Gasteiger charge is -2.51. The highest BCUT2D eigenvalue weighted by Gasteiger charge is 2.43. The predicted molar refractivity (Wildman–Crippen MR) is 61.7 cm³/mol. The van der Waals surface area contributed by atoms with Gasteiger partial charge in [0.15, 0.2) is 0 Å². The van der Waals surface area contributed by atoms with Crippen LogP contribution in [-0.2, 0) is 4.79 Å². The molecule has 4 heteroatoms. The van der Waals surface area contributed by atoms with Crippen LogP contribution in [0.1, 0.15) is 19.3 Å². The minimum absolute atomic E-state index is 0.350. The van der Waals surface area contributed by atoms with Gasteiger partial charge in [-0.15, -0.1) is 0 Å². The summed E-state index contributed by atoms with van der Waals surface area (Å²) in [6, 6.07) is 0.471. The molecule has 0 spiro atoms. The Hall–Kier alpha value is -0.610. The van der Waals surface area contributed by atoms with Crippen molar-refractivity contribution in [2.24, 2.45) is 23.5 Å². The van der Waals surface area contributed by atoms with E-state index in [2.05, 4.69) is 10.2 Å². The first kappa shape index (κ1) is 10.5. The van der Waals surface area contributed by atoms with Gasteiger partial charge in [0.05, 0.1) is 0 Å². The summed E-state index contributed by atoms with van der Waals surface area (Å²) in [7, 11) is 0. The Bertz CT molecular complexity index is 294. The lowest BCUT2D eigenvalue weighted by molar-refractivity contribution is -0.145. The number of amides is 1. The van der Waals surface area contributed by atoms with Crippen LogP contribution in [0, 0.1) is 17.8 Å². The number of fused-ring (bicyclic) bond motifs is 4. The molecule has 3 N–H and O–H groups in total. The first-order valence-electron chi connectivity index (χ1n) is 6.48. The second-order valence-electron chi connectivity index (χ2n) is 5.68. The van der Waals surface area contributed by atoms with E-state index in [-0.39, 0.29) is 0 Å². The predicted octanol–water partition coefficient (Wildman–Crippen LogP) is -0.208. The maximum absolute atomic E-state index is 12.1. The smallest absolute Gasteiger partial charge is 0.223 e. The van der Waals surface area contributed by atoms with Crippen LogP contribution in [0.25, 0.3) is 0 Å². The van der Waals surface area contributed by atoms with E-state index in [0.717, 1.165) is 26.1 Å². The maximum Gasteiger partial charge on any atom is 0.223 e. The van der Waals surface area contributed by atoms with Crippen molar-refractivity contribution in [3.63, 3.8) is 0 Å². The zero-order valence-electron chi connectivity index (χ0n) is 9.69. The van der Waals surface area contributed by atoms with Crippen molar-refractivity contribution in [3.8, 4) is 0 Å². The topological polar surface area (TPSA) is 58.4 Å². The van der Waals surface area contributed by atoms with Crippen LogP contribution in [0.4, 0.5) is 0 Å². The zero-order valence-corrected chi connectivity index (χ0v) is 9.69. The third kappa shape index (κ3) is 1.64. The van der Waals surface area contributed by atoms with Crippen LogP contribution >= 0.6 is 0 Å². The Morgan fingerprint density at radius 3 is 3.06 bits per heavy atom.